The number of allylic oxidation sites excluding steroid dienone is 1. The zero-order chi connectivity index (χ0) is 21.5. The molecule has 6 atom stereocenters. The summed E-state index contributed by atoms with van der Waals surface area (Å²) in [6.07, 6.45) is 8.28. The van der Waals surface area contributed by atoms with Crippen LogP contribution in [0.2, 0.25) is 0 Å². The van der Waals surface area contributed by atoms with Gasteiger partial charge in [-0.3, -0.25) is 0 Å². The molecule has 0 radical (unpaired) electrons. The number of rotatable bonds is 4. The number of hydrogen-bond acceptors (Lipinski definition) is 0. The standard InChI is InChI=1S/C25H31F5/c1-2-3-4-15-5-9-20-17(11-15)6-7-18-12-16(8-10-21(18)20)19-13-22(26)24(23(27)14-19)25(28,29)30/h2,13-18,20-21H,1,3-12H2. The van der Waals surface area contributed by atoms with Crippen LogP contribution >= 0.6 is 0 Å². The Hall–Kier alpha value is -1.39. The van der Waals surface area contributed by atoms with E-state index in [1.807, 2.05) is 6.08 Å². The van der Waals surface area contributed by atoms with E-state index < -0.39 is 23.4 Å². The van der Waals surface area contributed by atoms with Gasteiger partial charge in [0.15, 0.2) is 0 Å². The minimum atomic E-state index is -5.01. The van der Waals surface area contributed by atoms with Crippen LogP contribution in [0.15, 0.2) is 24.8 Å². The van der Waals surface area contributed by atoms with Gasteiger partial charge in [-0.2, -0.15) is 13.2 Å². The first-order valence-corrected chi connectivity index (χ1v) is 11.4. The van der Waals surface area contributed by atoms with Crippen molar-refractivity contribution in [3.63, 3.8) is 0 Å². The van der Waals surface area contributed by atoms with E-state index in [1.165, 1.54) is 32.1 Å². The number of hydrogen-bond donors (Lipinski definition) is 0. The quantitative estimate of drug-likeness (QED) is 0.336. The molecule has 3 fully saturated rings. The molecule has 3 aliphatic rings. The maximum absolute atomic E-state index is 14.1. The summed E-state index contributed by atoms with van der Waals surface area (Å²) in [4.78, 5) is 0. The van der Waals surface area contributed by atoms with E-state index in [2.05, 4.69) is 6.58 Å². The summed E-state index contributed by atoms with van der Waals surface area (Å²) < 4.78 is 66.8. The van der Waals surface area contributed by atoms with Crippen molar-refractivity contribution in [2.24, 2.45) is 29.6 Å². The van der Waals surface area contributed by atoms with E-state index in [9.17, 15) is 22.0 Å². The van der Waals surface area contributed by atoms with Gasteiger partial charge in [-0.05, 0) is 111 Å². The van der Waals surface area contributed by atoms with Crippen LogP contribution in [0.25, 0.3) is 0 Å². The van der Waals surface area contributed by atoms with Crippen molar-refractivity contribution >= 4 is 0 Å². The fourth-order valence-corrected chi connectivity index (χ4v) is 6.91. The van der Waals surface area contributed by atoms with Crippen LogP contribution in [0.1, 0.15) is 81.3 Å². The molecule has 4 rings (SSSR count). The first-order valence-electron chi connectivity index (χ1n) is 11.4. The summed E-state index contributed by atoms with van der Waals surface area (Å²) in [5.41, 5.74) is -1.37. The number of fused-ring (bicyclic) bond motifs is 3. The molecule has 0 aromatic heterocycles. The molecular formula is C25H31F5. The van der Waals surface area contributed by atoms with Crippen molar-refractivity contribution in [2.75, 3.05) is 0 Å². The molecule has 3 aliphatic carbocycles. The molecule has 6 unspecified atom stereocenters. The highest BCUT2D eigenvalue weighted by Crippen LogP contribution is 2.55. The summed E-state index contributed by atoms with van der Waals surface area (Å²) >= 11 is 0. The molecule has 0 N–H and O–H groups in total. The number of alkyl halides is 3. The van der Waals surface area contributed by atoms with Crippen molar-refractivity contribution in [3.05, 3.63) is 47.5 Å². The Morgan fingerprint density at radius 1 is 0.867 bits per heavy atom. The zero-order valence-electron chi connectivity index (χ0n) is 17.4. The normalized spacial score (nSPS) is 34.2. The van der Waals surface area contributed by atoms with Gasteiger partial charge in [0.2, 0.25) is 0 Å². The van der Waals surface area contributed by atoms with Crippen molar-refractivity contribution in [3.8, 4) is 0 Å². The molecular weight excluding hydrogens is 395 g/mol. The van der Waals surface area contributed by atoms with Gasteiger partial charge >= 0.3 is 6.18 Å². The topological polar surface area (TPSA) is 0 Å². The predicted octanol–water partition coefficient (Wildman–Crippen LogP) is 8.28. The summed E-state index contributed by atoms with van der Waals surface area (Å²) in [7, 11) is 0. The first-order chi connectivity index (χ1) is 14.3. The monoisotopic (exact) mass is 426 g/mol. The third-order valence-electron chi connectivity index (χ3n) is 8.25. The number of benzene rings is 1. The average molecular weight is 427 g/mol. The lowest BCUT2D eigenvalue weighted by atomic mass is 9.55. The zero-order valence-corrected chi connectivity index (χ0v) is 17.4. The minimum absolute atomic E-state index is 0.0435. The third-order valence-corrected chi connectivity index (χ3v) is 8.25. The summed E-state index contributed by atoms with van der Waals surface area (Å²) in [6.45, 7) is 3.84. The molecule has 166 valence electrons. The van der Waals surface area contributed by atoms with Crippen molar-refractivity contribution in [1.29, 1.82) is 0 Å². The highest BCUT2D eigenvalue weighted by Gasteiger charge is 2.45. The van der Waals surface area contributed by atoms with Gasteiger partial charge in [0, 0.05) is 0 Å². The summed E-state index contributed by atoms with van der Waals surface area (Å²) in [5, 5.41) is 0. The highest BCUT2D eigenvalue weighted by molar-refractivity contribution is 5.31. The molecule has 0 saturated heterocycles. The molecule has 0 nitrogen and oxygen atoms in total. The fraction of sp³-hybridized carbons (Fsp3) is 0.680. The van der Waals surface area contributed by atoms with Crippen molar-refractivity contribution < 1.29 is 22.0 Å². The van der Waals surface area contributed by atoms with Crippen LogP contribution in [0.4, 0.5) is 22.0 Å². The Kier molecular flexibility index (Phi) is 6.28. The Bertz CT molecular complexity index is 744. The average Bonchev–Trinajstić information content (AvgIpc) is 2.69. The molecule has 0 spiro atoms. The first kappa shape index (κ1) is 21.8. The van der Waals surface area contributed by atoms with Gasteiger partial charge in [0.25, 0.3) is 0 Å². The second-order valence-corrected chi connectivity index (χ2v) is 9.84. The van der Waals surface area contributed by atoms with Crippen LogP contribution in [0, 0.1) is 41.2 Å². The SMILES string of the molecule is C=CCCC1CCC2C(CCC3CC(c4cc(F)c(C(F)(F)F)c(F)c4)CCC32)C1. The molecule has 5 heteroatoms. The highest BCUT2D eigenvalue weighted by atomic mass is 19.4. The van der Waals surface area contributed by atoms with Gasteiger partial charge in [0.05, 0.1) is 0 Å². The molecule has 1 aromatic rings. The Labute approximate surface area is 175 Å². The second-order valence-electron chi connectivity index (χ2n) is 9.84. The summed E-state index contributed by atoms with van der Waals surface area (Å²) in [6, 6.07) is 1.85. The van der Waals surface area contributed by atoms with Crippen LogP contribution in [0.3, 0.4) is 0 Å². The van der Waals surface area contributed by atoms with Gasteiger partial charge in [-0.1, -0.05) is 12.5 Å². The van der Waals surface area contributed by atoms with Crippen LogP contribution in [-0.2, 0) is 6.18 Å². The third kappa shape index (κ3) is 4.31. The Morgan fingerprint density at radius 2 is 1.47 bits per heavy atom. The molecule has 0 heterocycles. The largest absolute Gasteiger partial charge is 0.422 e. The minimum Gasteiger partial charge on any atom is -0.206 e. The van der Waals surface area contributed by atoms with Crippen LogP contribution in [0.5, 0.6) is 0 Å². The van der Waals surface area contributed by atoms with E-state index >= 15 is 0 Å². The van der Waals surface area contributed by atoms with E-state index in [0.29, 0.717) is 17.4 Å². The van der Waals surface area contributed by atoms with E-state index in [0.717, 1.165) is 62.0 Å². The predicted molar refractivity (Wildman–Crippen MR) is 108 cm³/mol. The second kappa shape index (κ2) is 8.63. The summed E-state index contributed by atoms with van der Waals surface area (Å²) in [5.74, 6) is 0.557. The van der Waals surface area contributed by atoms with Gasteiger partial charge in [0.1, 0.15) is 17.2 Å². The fourth-order valence-electron chi connectivity index (χ4n) is 6.91. The van der Waals surface area contributed by atoms with Crippen LogP contribution < -0.4 is 0 Å². The van der Waals surface area contributed by atoms with Gasteiger partial charge < -0.3 is 0 Å². The smallest absolute Gasteiger partial charge is 0.206 e. The molecule has 0 aliphatic heterocycles. The lowest BCUT2D eigenvalue weighted by molar-refractivity contribution is -0.142. The van der Waals surface area contributed by atoms with Crippen LogP contribution in [-0.4, -0.2) is 0 Å². The Balaban J connectivity index is 1.43. The maximum atomic E-state index is 14.1. The van der Waals surface area contributed by atoms with E-state index in [1.54, 1.807) is 0 Å². The van der Waals surface area contributed by atoms with Gasteiger partial charge in [-0.25, -0.2) is 8.78 Å². The molecule has 1 aromatic carbocycles. The Morgan fingerprint density at radius 3 is 2.07 bits per heavy atom. The molecule has 3 saturated carbocycles. The maximum Gasteiger partial charge on any atom is 0.422 e. The molecule has 0 bridgehead atoms. The molecule has 30 heavy (non-hydrogen) atoms. The van der Waals surface area contributed by atoms with E-state index in [-0.39, 0.29) is 5.92 Å². The lowest BCUT2D eigenvalue weighted by Gasteiger charge is -2.51. The lowest BCUT2D eigenvalue weighted by Crippen LogP contribution is -2.41. The van der Waals surface area contributed by atoms with E-state index in [4.69, 9.17) is 0 Å². The van der Waals surface area contributed by atoms with Gasteiger partial charge in [-0.15, -0.1) is 6.58 Å². The number of halogens is 5. The van der Waals surface area contributed by atoms with Crippen molar-refractivity contribution in [1.82, 2.24) is 0 Å². The molecule has 0 amide bonds. The van der Waals surface area contributed by atoms with Crippen molar-refractivity contribution in [2.45, 2.75) is 76.3 Å².